The molecule has 0 aromatic heterocycles. The van der Waals surface area contributed by atoms with E-state index in [9.17, 15) is 0 Å². The van der Waals surface area contributed by atoms with Gasteiger partial charge in [0, 0.05) is 20.1 Å². The number of aliphatic hydroxyl groups is 2. The lowest BCUT2D eigenvalue weighted by Crippen LogP contribution is -2.61. The summed E-state index contributed by atoms with van der Waals surface area (Å²) in [6.45, 7) is 0.919. The van der Waals surface area contributed by atoms with Crippen molar-refractivity contribution in [2.24, 2.45) is 11.5 Å². The number of likely N-dealkylation sites (N-methyl/N-ethyl adjacent to an activating group) is 1. The Hall–Kier alpha value is -0.240. The van der Waals surface area contributed by atoms with Gasteiger partial charge in [0.05, 0.1) is 24.9 Å². The minimum Gasteiger partial charge on any atom is -0.395 e. The average molecular weight is 190 g/mol. The van der Waals surface area contributed by atoms with E-state index in [1.54, 1.807) is 12.1 Å². The van der Waals surface area contributed by atoms with Crippen LogP contribution in [0.2, 0.25) is 0 Å². The fourth-order valence-electron chi connectivity index (χ4n) is 1.72. The lowest BCUT2D eigenvalue weighted by Gasteiger charge is -2.28. The normalized spacial score (nSPS) is 29.8. The molecule has 1 rings (SSSR count). The van der Waals surface area contributed by atoms with Crippen molar-refractivity contribution >= 4 is 0 Å². The molecule has 1 aliphatic rings. The zero-order chi connectivity index (χ0) is 10.1. The summed E-state index contributed by atoms with van der Waals surface area (Å²) in [5.74, 6) is 0. The van der Waals surface area contributed by atoms with Crippen LogP contribution in [0.5, 0.6) is 0 Å². The van der Waals surface area contributed by atoms with E-state index in [1.807, 2.05) is 5.01 Å². The van der Waals surface area contributed by atoms with Crippen LogP contribution in [-0.4, -0.2) is 65.3 Å². The molecule has 0 amide bonds. The molecule has 0 aromatic carbocycles. The molecule has 6 heteroatoms. The van der Waals surface area contributed by atoms with Gasteiger partial charge in [0.1, 0.15) is 0 Å². The van der Waals surface area contributed by atoms with Crippen molar-refractivity contribution in [3.05, 3.63) is 0 Å². The van der Waals surface area contributed by atoms with Crippen molar-refractivity contribution in [1.29, 1.82) is 0 Å². The first-order chi connectivity index (χ1) is 6.03. The van der Waals surface area contributed by atoms with E-state index in [0.29, 0.717) is 13.1 Å². The Morgan fingerprint density at radius 2 is 2.08 bits per heavy atom. The average Bonchev–Trinajstić information content (AvgIpc) is 2.23. The maximum absolute atomic E-state index is 9.07. The summed E-state index contributed by atoms with van der Waals surface area (Å²) < 4.78 is 0. The molecule has 13 heavy (non-hydrogen) atoms. The Kier molecular flexibility index (Phi) is 3.23. The van der Waals surface area contributed by atoms with Gasteiger partial charge in [0.2, 0.25) is 0 Å². The van der Waals surface area contributed by atoms with Gasteiger partial charge in [-0.25, -0.2) is 10.0 Å². The molecule has 0 spiro atoms. The van der Waals surface area contributed by atoms with Crippen molar-refractivity contribution in [2.75, 3.05) is 33.4 Å². The summed E-state index contributed by atoms with van der Waals surface area (Å²) in [6, 6.07) is -0.279. The Labute approximate surface area is 77.7 Å². The lowest BCUT2D eigenvalue weighted by molar-refractivity contribution is -0.00540. The molecule has 1 atom stereocenters. The van der Waals surface area contributed by atoms with Crippen LogP contribution in [-0.2, 0) is 0 Å². The maximum atomic E-state index is 9.07. The van der Waals surface area contributed by atoms with Crippen LogP contribution in [0.1, 0.15) is 0 Å². The molecule has 0 saturated carbocycles. The monoisotopic (exact) mass is 190 g/mol. The summed E-state index contributed by atoms with van der Waals surface area (Å²) in [5, 5.41) is 21.5. The fraction of sp³-hybridized carbons (Fsp3) is 1.00. The maximum Gasteiger partial charge on any atom is 0.0978 e. The first-order valence-corrected chi connectivity index (χ1v) is 4.30. The molecule has 6 nitrogen and oxygen atoms in total. The van der Waals surface area contributed by atoms with Crippen molar-refractivity contribution in [3.63, 3.8) is 0 Å². The highest BCUT2D eigenvalue weighted by molar-refractivity contribution is 4.98. The quantitative estimate of drug-likeness (QED) is 0.357. The van der Waals surface area contributed by atoms with Crippen molar-refractivity contribution in [2.45, 2.75) is 11.7 Å². The summed E-state index contributed by atoms with van der Waals surface area (Å²) in [5.41, 5.74) is 10.7. The van der Waals surface area contributed by atoms with Gasteiger partial charge in [-0.1, -0.05) is 0 Å². The predicted octanol–water partition coefficient (Wildman–Crippen LogP) is -2.88. The zero-order valence-electron chi connectivity index (χ0n) is 7.85. The highest BCUT2D eigenvalue weighted by atomic mass is 16.3. The second-order valence-electron chi connectivity index (χ2n) is 3.50. The van der Waals surface area contributed by atoms with Crippen molar-refractivity contribution < 1.29 is 10.2 Å². The molecular formula is C7H18N4O2. The van der Waals surface area contributed by atoms with E-state index in [4.69, 9.17) is 21.7 Å². The minimum atomic E-state index is -0.904. The van der Waals surface area contributed by atoms with E-state index in [2.05, 4.69) is 0 Å². The number of hydrazine groups is 1. The lowest BCUT2D eigenvalue weighted by atomic mass is 10.1. The van der Waals surface area contributed by atoms with Crippen LogP contribution < -0.4 is 11.5 Å². The minimum absolute atomic E-state index is 0.0541. The van der Waals surface area contributed by atoms with Crippen LogP contribution in [0.3, 0.4) is 0 Å². The van der Waals surface area contributed by atoms with E-state index >= 15 is 0 Å². The second kappa shape index (κ2) is 3.87. The zero-order valence-corrected chi connectivity index (χ0v) is 7.85. The highest BCUT2D eigenvalue weighted by Crippen LogP contribution is 2.19. The smallest absolute Gasteiger partial charge is 0.0978 e. The molecule has 0 bridgehead atoms. The number of nitrogens with two attached hydrogens (primary N) is 2. The van der Waals surface area contributed by atoms with Crippen molar-refractivity contribution in [1.82, 2.24) is 10.0 Å². The summed E-state index contributed by atoms with van der Waals surface area (Å²) >= 11 is 0. The highest BCUT2D eigenvalue weighted by Gasteiger charge is 2.44. The van der Waals surface area contributed by atoms with Crippen LogP contribution in [0.25, 0.3) is 0 Å². The number of hydrogen-bond acceptors (Lipinski definition) is 6. The standard InChI is InChI=1S/C7H18N4O2/c1-10-6(4-13)7(8,9)5-11(10)2-3-12/h6,12-13H,2-5,8-9H2,1H3. The van der Waals surface area contributed by atoms with E-state index in [-0.39, 0.29) is 19.3 Å². The molecule has 1 fully saturated rings. The number of hydrogen-bond donors (Lipinski definition) is 4. The third-order valence-corrected chi connectivity index (χ3v) is 2.51. The van der Waals surface area contributed by atoms with Gasteiger partial charge < -0.3 is 21.7 Å². The van der Waals surface area contributed by atoms with E-state index in [1.165, 1.54) is 0 Å². The summed E-state index contributed by atoms with van der Waals surface area (Å²) in [6.07, 6.45) is 0. The molecular weight excluding hydrogens is 172 g/mol. The number of aliphatic hydroxyl groups excluding tert-OH is 2. The summed E-state index contributed by atoms with van der Waals surface area (Å²) in [4.78, 5) is 0. The van der Waals surface area contributed by atoms with Crippen molar-refractivity contribution in [3.8, 4) is 0 Å². The molecule has 1 aliphatic heterocycles. The SMILES string of the molecule is CN1C(CO)C(N)(N)CN1CCO. The van der Waals surface area contributed by atoms with Gasteiger partial charge in [-0.15, -0.1) is 0 Å². The number of nitrogens with zero attached hydrogens (tertiary/aromatic N) is 2. The molecule has 0 aromatic rings. The topological polar surface area (TPSA) is 99.0 Å². The molecule has 78 valence electrons. The summed E-state index contributed by atoms with van der Waals surface area (Å²) in [7, 11) is 1.80. The molecule has 0 aliphatic carbocycles. The first-order valence-electron chi connectivity index (χ1n) is 4.30. The number of rotatable bonds is 3. The van der Waals surface area contributed by atoms with Crippen LogP contribution in [0, 0.1) is 0 Å². The van der Waals surface area contributed by atoms with Gasteiger partial charge in [-0.3, -0.25) is 0 Å². The van der Waals surface area contributed by atoms with Gasteiger partial charge >= 0.3 is 0 Å². The molecule has 1 unspecified atom stereocenters. The second-order valence-corrected chi connectivity index (χ2v) is 3.50. The Bertz CT molecular complexity index is 176. The molecule has 1 saturated heterocycles. The Balaban J connectivity index is 2.66. The van der Waals surface area contributed by atoms with E-state index in [0.717, 1.165) is 0 Å². The van der Waals surface area contributed by atoms with Gasteiger partial charge in [0.25, 0.3) is 0 Å². The fourth-order valence-corrected chi connectivity index (χ4v) is 1.72. The Morgan fingerprint density at radius 3 is 2.46 bits per heavy atom. The van der Waals surface area contributed by atoms with Crippen LogP contribution >= 0.6 is 0 Å². The van der Waals surface area contributed by atoms with Gasteiger partial charge in [-0.05, 0) is 0 Å². The predicted molar refractivity (Wildman–Crippen MR) is 48.4 cm³/mol. The number of β-amino-alcohol motifs (C(OH)–C–C–N with tert-alkyl or cyclic N) is 1. The van der Waals surface area contributed by atoms with Gasteiger partial charge in [0.15, 0.2) is 0 Å². The van der Waals surface area contributed by atoms with Crippen LogP contribution in [0.15, 0.2) is 0 Å². The van der Waals surface area contributed by atoms with E-state index < -0.39 is 5.66 Å². The Morgan fingerprint density at radius 1 is 1.46 bits per heavy atom. The molecule has 6 N–H and O–H groups in total. The van der Waals surface area contributed by atoms with Gasteiger partial charge in [-0.2, -0.15) is 0 Å². The third-order valence-electron chi connectivity index (χ3n) is 2.51. The first kappa shape index (κ1) is 10.8. The third kappa shape index (κ3) is 1.98. The van der Waals surface area contributed by atoms with Crippen LogP contribution in [0.4, 0.5) is 0 Å². The molecule has 0 radical (unpaired) electrons. The molecule has 1 heterocycles. The largest absolute Gasteiger partial charge is 0.395 e.